The topological polar surface area (TPSA) is 78.9 Å². The Hall–Kier alpha value is -1.27. The van der Waals surface area contributed by atoms with E-state index in [-0.39, 0.29) is 17.7 Å². The van der Waals surface area contributed by atoms with Gasteiger partial charge in [0.05, 0.1) is 9.21 Å². The molecule has 98 valence electrons. The number of thiophene rings is 1. The Morgan fingerprint density at radius 3 is 3.00 bits per heavy atom. The fraction of sp³-hybridized carbons (Fsp3) is 0.455. The second-order valence-electron chi connectivity index (χ2n) is 4.22. The van der Waals surface area contributed by atoms with Gasteiger partial charge in [-0.2, -0.15) is 0 Å². The fourth-order valence-corrected chi connectivity index (χ4v) is 3.08. The van der Waals surface area contributed by atoms with Crippen LogP contribution < -0.4 is 5.73 Å². The van der Waals surface area contributed by atoms with Crippen molar-refractivity contribution in [1.29, 1.82) is 0 Å². The molecule has 1 aromatic heterocycles. The van der Waals surface area contributed by atoms with Crippen LogP contribution >= 0.6 is 22.9 Å². The molecular weight excluding hydrogens is 274 g/mol. The van der Waals surface area contributed by atoms with Gasteiger partial charge in [0.25, 0.3) is 5.91 Å². The summed E-state index contributed by atoms with van der Waals surface area (Å²) in [6.45, 7) is 1.19. The van der Waals surface area contributed by atoms with Crippen molar-refractivity contribution in [3.63, 3.8) is 0 Å². The van der Waals surface area contributed by atoms with E-state index in [1.807, 2.05) is 0 Å². The Labute approximate surface area is 114 Å². The SMILES string of the molecule is NC(=NO)C1CCCN(C(=O)c2ccc(Cl)s2)C1. The van der Waals surface area contributed by atoms with E-state index in [2.05, 4.69) is 5.16 Å². The maximum atomic E-state index is 12.2. The number of hydrogen-bond acceptors (Lipinski definition) is 4. The van der Waals surface area contributed by atoms with E-state index < -0.39 is 0 Å². The molecule has 3 N–H and O–H groups in total. The summed E-state index contributed by atoms with van der Waals surface area (Å²) in [6.07, 6.45) is 1.69. The van der Waals surface area contributed by atoms with Crippen LogP contribution in [0.25, 0.3) is 0 Å². The largest absolute Gasteiger partial charge is 0.409 e. The molecule has 5 nitrogen and oxygen atoms in total. The van der Waals surface area contributed by atoms with Crippen LogP contribution in [0.4, 0.5) is 0 Å². The zero-order valence-electron chi connectivity index (χ0n) is 9.67. The number of likely N-dealkylation sites (tertiary alicyclic amines) is 1. The molecule has 1 amide bonds. The van der Waals surface area contributed by atoms with E-state index in [0.717, 1.165) is 12.8 Å². The summed E-state index contributed by atoms with van der Waals surface area (Å²) in [4.78, 5) is 14.6. The molecule has 1 aromatic rings. The second-order valence-corrected chi connectivity index (χ2v) is 5.93. The van der Waals surface area contributed by atoms with Crippen LogP contribution in [0.1, 0.15) is 22.5 Å². The summed E-state index contributed by atoms with van der Waals surface area (Å²) in [5.74, 6) is 0.0854. The lowest BCUT2D eigenvalue weighted by molar-refractivity contribution is 0.0706. The zero-order valence-corrected chi connectivity index (χ0v) is 11.2. The van der Waals surface area contributed by atoms with Gasteiger partial charge in [0.2, 0.25) is 0 Å². The molecule has 1 atom stereocenters. The molecule has 7 heteroatoms. The predicted octanol–water partition coefficient (Wildman–Crippen LogP) is 2.00. The third kappa shape index (κ3) is 2.76. The number of piperidine rings is 1. The highest BCUT2D eigenvalue weighted by molar-refractivity contribution is 7.17. The number of nitrogens with zero attached hydrogens (tertiary/aromatic N) is 2. The van der Waals surface area contributed by atoms with E-state index in [0.29, 0.717) is 22.3 Å². The number of amidine groups is 1. The molecule has 2 heterocycles. The summed E-state index contributed by atoms with van der Waals surface area (Å²) in [5.41, 5.74) is 5.60. The van der Waals surface area contributed by atoms with Crippen molar-refractivity contribution in [1.82, 2.24) is 4.90 Å². The Balaban J connectivity index is 2.07. The standard InChI is InChI=1S/C11H14ClN3O2S/c12-9-4-3-8(18-9)11(16)15-5-1-2-7(6-15)10(13)14-17/h3-4,7,17H,1-2,5-6H2,(H2,13,14). The summed E-state index contributed by atoms with van der Waals surface area (Å²) < 4.78 is 0.600. The molecular formula is C11H14ClN3O2S. The summed E-state index contributed by atoms with van der Waals surface area (Å²) in [7, 11) is 0. The van der Waals surface area contributed by atoms with Crippen LogP contribution in [0.3, 0.4) is 0 Å². The Bertz CT molecular complexity index is 475. The Morgan fingerprint density at radius 1 is 1.61 bits per heavy atom. The lowest BCUT2D eigenvalue weighted by Crippen LogP contribution is -2.44. The van der Waals surface area contributed by atoms with Gasteiger partial charge < -0.3 is 15.8 Å². The molecule has 18 heavy (non-hydrogen) atoms. The van der Waals surface area contributed by atoms with Crippen LogP contribution in [0.15, 0.2) is 17.3 Å². The number of amides is 1. The average Bonchev–Trinajstić information content (AvgIpc) is 2.83. The summed E-state index contributed by atoms with van der Waals surface area (Å²) in [6, 6.07) is 3.44. The second kappa shape index (κ2) is 5.58. The molecule has 1 saturated heterocycles. The molecule has 1 fully saturated rings. The van der Waals surface area contributed by atoms with Crippen molar-refractivity contribution in [2.45, 2.75) is 12.8 Å². The van der Waals surface area contributed by atoms with Gasteiger partial charge in [-0.1, -0.05) is 16.8 Å². The monoisotopic (exact) mass is 287 g/mol. The lowest BCUT2D eigenvalue weighted by atomic mass is 9.97. The van der Waals surface area contributed by atoms with E-state index >= 15 is 0 Å². The maximum Gasteiger partial charge on any atom is 0.263 e. The van der Waals surface area contributed by atoms with Crippen molar-refractivity contribution < 1.29 is 10.0 Å². The number of nitrogens with two attached hydrogens (primary N) is 1. The van der Waals surface area contributed by atoms with Crippen LogP contribution in [0.5, 0.6) is 0 Å². The molecule has 0 spiro atoms. The van der Waals surface area contributed by atoms with Crippen LogP contribution in [-0.4, -0.2) is 34.9 Å². The van der Waals surface area contributed by atoms with Crippen molar-refractivity contribution >= 4 is 34.7 Å². The lowest BCUT2D eigenvalue weighted by Gasteiger charge is -2.31. The number of rotatable bonds is 2. The van der Waals surface area contributed by atoms with Crippen LogP contribution in [0, 0.1) is 5.92 Å². The smallest absolute Gasteiger partial charge is 0.263 e. The van der Waals surface area contributed by atoms with Gasteiger partial charge in [0.15, 0.2) is 0 Å². The minimum Gasteiger partial charge on any atom is -0.409 e. The minimum atomic E-state index is -0.0665. The van der Waals surface area contributed by atoms with Gasteiger partial charge in [0.1, 0.15) is 5.84 Å². The first-order valence-corrected chi connectivity index (χ1v) is 6.83. The third-order valence-corrected chi connectivity index (χ3v) is 4.25. The summed E-state index contributed by atoms with van der Waals surface area (Å²) in [5, 5.41) is 11.7. The zero-order chi connectivity index (χ0) is 13.1. The number of carbonyl (C=O) groups excluding carboxylic acids is 1. The van der Waals surface area contributed by atoms with Crippen molar-refractivity contribution in [3.8, 4) is 0 Å². The average molecular weight is 288 g/mol. The molecule has 1 unspecified atom stereocenters. The normalized spacial score (nSPS) is 21.1. The number of hydrogen-bond donors (Lipinski definition) is 2. The highest BCUT2D eigenvalue weighted by atomic mass is 35.5. The predicted molar refractivity (Wildman–Crippen MR) is 71.4 cm³/mol. The molecule has 0 saturated carbocycles. The van der Waals surface area contributed by atoms with Crippen molar-refractivity contribution in [2.24, 2.45) is 16.8 Å². The maximum absolute atomic E-state index is 12.2. The van der Waals surface area contributed by atoms with E-state index in [4.69, 9.17) is 22.5 Å². The van der Waals surface area contributed by atoms with Crippen LogP contribution in [-0.2, 0) is 0 Å². The van der Waals surface area contributed by atoms with Gasteiger partial charge in [-0.05, 0) is 25.0 Å². The van der Waals surface area contributed by atoms with Crippen molar-refractivity contribution in [2.75, 3.05) is 13.1 Å². The van der Waals surface area contributed by atoms with Gasteiger partial charge >= 0.3 is 0 Å². The first-order valence-electron chi connectivity index (χ1n) is 5.64. The highest BCUT2D eigenvalue weighted by Gasteiger charge is 2.27. The quantitative estimate of drug-likeness (QED) is 0.378. The molecule has 1 aliphatic heterocycles. The van der Waals surface area contributed by atoms with Gasteiger partial charge in [-0.3, -0.25) is 4.79 Å². The van der Waals surface area contributed by atoms with E-state index in [1.54, 1.807) is 17.0 Å². The highest BCUT2D eigenvalue weighted by Crippen LogP contribution is 2.25. The van der Waals surface area contributed by atoms with Crippen molar-refractivity contribution in [3.05, 3.63) is 21.3 Å². The van der Waals surface area contributed by atoms with Gasteiger partial charge in [-0.15, -0.1) is 11.3 Å². The summed E-state index contributed by atoms with van der Waals surface area (Å²) >= 11 is 7.09. The van der Waals surface area contributed by atoms with Gasteiger partial charge in [0, 0.05) is 19.0 Å². The number of carbonyl (C=O) groups is 1. The Morgan fingerprint density at radius 2 is 2.39 bits per heavy atom. The third-order valence-electron chi connectivity index (χ3n) is 3.03. The molecule has 0 bridgehead atoms. The Kier molecular flexibility index (Phi) is 4.08. The molecule has 2 rings (SSSR count). The fourth-order valence-electron chi connectivity index (χ4n) is 2.07. The first kappa shape index (κ1) is 13.2. The molecule has 0 aliphatic carbocycles. The molecule has 0 aromatic carbocycles. The first-order chi connectivity index (χ1) is 8.61. The van der Waals surface area contributed by atoms with Gasteiger partial charge in [-0.25, -0.2) is 0 Å². The molecule has 0 radical (unpaired) electrons. The van der Waals surface area contributed by atoms with E-state index in [1.165, 1.54) is 11.3 Å². The van der Waals surface area contributed by atoms with Crippen LogP contribution in [0.2, 0.25) is 4.34 Å². The number of oxime groups is 1. The van der Waals surface area contributed by atoms with E-state index in [9.17, 15) is 4.79 Å². The minimum absolute atomic E-state index is 0.0395. The molecule has 1 aliphatic rings. The number of halogens is 1.